The van der Waals surface area contributed by atoms with Crippen LogP contribution in [-0.4, -0.2) is 47.0 Å². The summed E-state index contributed by atoms with van der Waals surface area (Å²) in [6.45, 7) is 2.81. The number of ether oxygens (including phenoxy) is 1. The van der Waals surface area contributed by atoms with Crippen LogP contribution in [0.3, 0.4) is 0 Å². The largest absolute Gasteiger partial charge is 0.496 e. The van der Waals surface area contributed by atoms with Gasteiger partial charge in [-0.25, -0.2) is 4.39 Å². The molecule has 1 saturated heterocycles. The van der Waals surface area contributed by atoms with E-state index >= 15 is 0 Å². The van der Waals surface area contributed by atoms with Gasteiger partial charge in [-0.1, -0.05) is 30.4 Å². The summed E-state index contributed by atoms with van der Waals surface area (Å²) in [5, 5.41) is 10.2. The monoisotopic (exact) mass is 453 g/mol. The molecule has 2 unspecified atom stereocenters. The van der Waals surface area contributed by atoms with Crippen LogP contribution in [0.5, 0.6) is 5.75 Å². The molecule has 3 rings (SSSR count). The second kappa shape index (κ2) is 8.73. The number of hydrogen-bond donors (Lipinski definition) is 1. The summed E-state index contributed by atoms with van der Waals surface area (Å²) >= 11 is 0. The first-order valence-corrected chi connectivity index (χ1v) is 10.5. The zero-order chi connectivity index (χ0) is 23.7. The number of alkyl halides is 4. The van der Waals surface area contributed by atoms with E-state index < -0.39 is 23.0 Å². The number of halogens is 4. The van der Waals surface area contributed by atoms with Crippen LogP contribution in [-0.2, 0) is 11.2 Å². The first kappa shape index (κ1) is 24.0. The van der Waals surface area contributed by atoms with Crippen molar-refractivity contribution in [3.63, 3.8) is 0 Å². The van der Waals surface area contributed by atoms with Gasteiger partial charge in [-0.15, -0.1) is 0 Å². The number of para-hydroxylation sites is 1. The maximum Gasteiger partial charge on any atom is 0.424 e. The van der Waals surface area contributed by atoms with E-state index in [1.54, 1.807) is 42.2 Å². The van der Waals surface area contributed by atoms with Crippen molar-refractivity contribution in [2.24, 2.45) is 0 Å². The Labute approximate surface area is 184 Å². The molecular formula is C24H27F4NO3. The fraction of sp³-hybridized carbons (Fsp3) is 0.458. The lowest BCUT2D eigenvalue weighted by atomic mass is 9.67. The van der Waals surface area contributed by atoms with Crippen LogP contribution in [0.4, 0.5) is 17.6 Å². The Kier molecular flexibility index (Phi) is 6.56. The molecule has 0 radical (unpaired) electrons. The molecule has 1 aromatic carbocycles. The van der Waals surface area contributed by atoms with Crippen molar-refractivity contribution in [1.29, 1.82) is 0 Å². The number of rotatable bonds is 4. The summed E-state index contributed by atoms with van der Waals surface area (Å²) in [5.41, 5.74) is -5.40. The molecule has 0 bridgehead atoms. The van der Waals surface area contributed by atoms with E-state index in [4.69, 9.17) is 4.74 Å². The normalized spacial score (nSPS) is 28.9. The number of carbonyl (C=O) groups is 1. The number of hydrogen-bond acceptors (Lipinski definition) is 3. The van der Waals surface area contributed by atoms with Crippen LogP contribution in [0.1, 0.15) is 38.7 Å². The highest BCUT2D eigenvalue weighted by molar-refractivity contribution is 5.82. The van der Waals surface area contributed by atoms with E-state index in [1.165, 1.54) is 13.2 Å². The van der Waals surface area contributed by atoms with E-state index in [-0.39, 0.29) is 12.3 Å². The number of aliphatic hydroxyl groups is 1. The predicted molar refractivity (Wildman–Crippen MR) is 113 cm³/mol. The van der Waals surface area contributed by atoms with Gasteiger partial charge in [0, 0.05) is 17.8 Å². The van der Waals surface area contributed by atoms with Gasteiger partial charge in [0.15, 0.2) is 5.67 Å². The summed E-state index contributed by atoms with van der Waals surface area (Å²) < 4.78 is 60.2. The molecule has 1 N–H and O–H groups in total. The minimum Gasteiger partial charge on any atom is -0.496 e. The molecule has 2 aliphatic rings. The lowest BCUT2D eigenvalue weighted by molar-refractivity contribution is -0.285. The lowest BCUT2D eigenvalue weighted by Gasteiger charge is -2.47. The topological polar surface area (TPSA) is 49.8 Å². The molecule has 1 amide bonds. The fourth-order valence-corrected chi connectivity index (χ4v) is 4.34. The third-order valence-corrected chi connectivity index (χ3v) is 6.10. The molecule has 1 aliphatic carbocycles. The molecule has 4 nitrogen and oxygen atoms in total. The van der Waals surface area contributed by atoms with Gasteiger partial charge < -0.3 is 14.7 Å². The van der Waals surface area contributed by atoms with Gasteiger partial charge >= 0.3 is 6.18 Å². The summed E-state index contributed by atoms with van der Waals surface area (Å²) in [7, 11) is 1.51. The minimum atomic E-state index is -5.17. The molecule has 174 valence electrons. The molecule has 0 aromatic heterocycles. The van der Waals surface area contributed by atoms with Crippen LogP contribution in [0.2, 0.25) is 0 Å². The standard InChI is InChI=1S/C24H27F4NO3/c1-4-19-16(13-18-15-22(2,25)23(18,31)24(26,27)28)9-7-8-12-29(19)21(30)14-17-10-5-6-11-20(17)32-3/h4-6,10-11,13,15,31H,7-9,12,14H2,1-3H3/b16-13-,19-4+. The van der Waals surface area contributed by atoms with Crippen molar-refractivity contribution in [2.45, 2.75) is 57.0 Å². The second-order valence-electron chi connectivity index (χ2n) is 8.22. The summed E-state index contributed by atoms with van der Waals surface area (Å²) in [6, 6.07) is 7.13. The highest BCUT2D eigenvalue weighted by atomic mass is 19.4. The molecule has 1 heterocycles. The molecule has 1 aliphatic heterocycles. The van der Waals surface area contributed by atoms with Gasteiger partial charge in [0.2, 0.25) is 11.5 Å². The Morgan fingerprint density at radius 2 is 1.97 bits per heavy atom. The number of likely N-dealkylation sites (tertiary alicyclic amines) is 1. The second-order valence-corrected chi connectivity index (χ2v) is 8.22. The summed E-state index contributed by atoms with van der Waals surface area (Å²) in [6.07, 6.45) is 0.238. The minimum absolute atomic E-state index is 0.0619. The number of allylic oxidation sites excluding steroid dienone is 2. The summed E-state index contributed by atoms with van der Waals surface area (Å²) in [4.78, 5) is 14.7. The van der Waals surface area contributed by atoms with Crippen molar-refractivity contribution in [2.75, 3.05) is 13.7 Å². The van der Waals surface area contributed by atoms with Gasteiger partial charge in [-0.3, -0.25) is 4.79 Å². The average Bonchev–Trinajstić information content (AvgIpc) is 2.94. The van der Waals surface area contributed by atoms with Crippen molar-refractivity contribution >= 4 is 5.91 Å². The van der Waals surface area contributed by atoms with Crippen LogP contribution < -0.4 is 4.74 Å². The van der Waals surface area contributed by atoms with Crippen LogP contribution in [0.15, 0.2) is 59.3 Å². The van der Waals surface area contributed by atoms with Crippen LogP contribution in [0, 0.1) is 0 Å². The Balaban J connectivity index is 1.93. The lowest BCUT2D eigenvalue weighted by Crippen LogP contribution is -2.65. The first-order valence-electron chi connectivity index (χ1n) is 10.5. The maximum absolute atomic E-state index is 14.4. The third-order valence-electron chi connectivity index (χ3n) is 6.10. The van der Waals surface area contributed by atoms with Gasteiger partial charge in [-0.05, 0) is 56.4 Å². The highest BCUT2D eigenvalue weighted by Crippen LogP contribution is 2.54. The van der Waals surface area contributed by atoms with Gasteiger partial charge in [0.1, 0.15) is 5.75 Å². The van der Waals surface area contributed by atoms with E-state index in [1.807, 2.05) is 0 Å². The zero-order valence-corrected chi connectivity index (χ0v) is 18.3. The van der Waals surface area contributed by atoms with E-state index in [0.29, 0.717) is 55.3 Å². The van der Waals surface area contributed by atoms with Crippen molar-refractivity contribution in [3.8, 4) is 5.75 Å². The SMILES string of the molecule is C/C=C1\C(=C/C2=CC(C)(F)C2(O)C(F)(F)F)CCCCN1C(=O)Cc1ccccc1OC. The molecular weight excluding hydrogens is 426 g/mol. The molecule has 1 fully saturated rings. The predicted octanol–water partition coefficient (Wildman–Crippen LogP) is 5.04. The Morgan fingerprint density at radius 1 is 1.28 bits per heavy atom. The van der Waals surface area contributed by atoms with Crippen LogP contribution in [0.25, 0.3) is 0 Å². The Morgan fingerprint density at radius 3 is 2.56 bits per heavy atom. The molecule has 0 spiro atoms. The van der Waals surface area contributed by atoms with Gasteiger partial charge in [0.25, 0.3) is 0 Å². The number of carbonyl (C=O) groups excluding carboxylic acids is 1. The van der Waals surface area contributed by atoms with E-state index in [9.17, 15) is 27.5 Å². The third kappa shape index (κ3) is 4.08. The fourth-order valence-electron chi connectivity index (χ4n) is 4.34. The van der Waals surface area contributed by atoms with Crippen molar-refractivity contribution < 1.29 is 32.2 Å². The smallest absolute Gasteiger partial charge is 0.424 e. The number of benzene rings is 1. The molecule has 0 saturated carbocycles. The first-order chi connectivity index (χ1) is 15.0. The zero-order valence-electron chi connectivity index (χ0n) is 18.3. The van der Waals surface area contributed by atoms with Crippen molar-refractivity contribution in [3.05, 3.63) is 64.9 Å². The number of methoxy groups -OCH3 is 1. The van der Waals surface area contributed by atoms with E-state index in [0.717, 1.165) is 6.08 Å². The molecule has 1 aromatic rings. The molecule has 32 heavy (non-hydrogen) atoms. The maximum atomic E-state index is 14.4. The molecule has 2 atom stereocenters. The highest BCUT2D eigenvalue weighted by Gasteiger charge is 2.71. The average molecular weight is 453 g/mol. The number of amides is 1. The van der Waals surface area contributed by atoms with E-state index in [2.05, 4.69) is 0 Å². The van der Waals surface area contributed by atoms with Gasteiger partial charge in [-0.2, -0.15) is 13.2 Å². The molecule has 8 heteroatoms. The number of nitrogens with zero attached hydrogens (tertiary/aromatic N) is 1. The van der Waals surface area contributed by atoms with Crippen molar-refractivity contribution in [1.82, 2.24) is 4.90 Å². The summed E-state index contributed by atoms with van der Waals surface area (Å²) in [5.74, 6) is 0.352. The van der Waals surface area contributed by atoms with Crippen LogP contribution >= 0.6 is 0 Å². The Bertz CT molecular complexity index is 978. The van der Waals surface area contributed by atoms with Gasteiger partial charge in [0.05, 0.1) is 13.5 Å². The quantitative estimate of drug-likeness (QED) is 0.650. The Hall–Kier alpha value is -2.61.